The van der Waals surface area contributed by atoms with Crippen molar-refractivity contribution in [3.05, 3.63) is 83.7 Å². The van der Waals surface area contributed by atoms with Gasteiger partial charge in [0.25, 0.3) is 0 Å². The Kier molecular flexibility index (Phi) is 5.19. The lowest BCUT2D eigenvalue weighted by Crippen LogP contribution is -2.19. The first-order chi connectivity index (χ1) is 14.4. The molecule has 0 bridgehead atoms. The van der Waals surface area contributed by atoms with Crippen LogP contribution in [0, 0.1) is 11.6 Å². The highest BCUT2D eigenvalue weighted by molar-refractivity contribution is 7.89. The topological polar surface area (TPSA) is 74.8 Å². The zero-order valence-corrected chi connectivity index (χ0v) is 16.7. The van der Waals surface area contributed by atoms with E-state index < -0.39 is 21.7 Å². The monoisotopic (exact) mass is 425 g/mol. The molecule has 0 amide bonds. The van der Waals surface area contributed by atoms with Crippen LogP contribution in [0.5, 0.6) is 0 Å². The average Bonchev–Trinajstić information content (AvgIpc) is 3.15. The second kappa shape index (κ2) is 7.81. The third-order valence-corrected chi connectivity index (χ3v) is 6.11. The number of H-pyrrole nitrogens is 1. The minimum Gasteiger partial charge on any atom is -0.338 e. The summed E-state index contributed by atoms with van der Waals surface area (Å²) in [5.74, 6) is -0.810. The summed E-state index contributed by atoms with van der Waals surface area (Å²) in [6, 6.07) is 15.5. The van der Waals surface area contributed by atoms with Gasteiger partial charge in [-0.2, -0.15) is 0 Å². The number of nitrogens with one attached hydrogen (secondary N) is 2. The van der Waals surface area contributed by atoms with Gasteiger partial charge >= 0.3 is 0 Å². The molecule has 0 fully saturated rings. The smallest absolute Gasteiger partial charge is 0.240 e. The lowest BCUT2D eigenvalue weighted by atomic mass is 10.1. The van der Waals surface area contributed by atoms with E-state index >= 15 is 0 Å². The Morgan fingerprint density at radius 2 is 1.80 bits per heavy atom. The number of halogens is 2. The molecule has 5 nitrogen and oxygen atoms in total. The van der Waals surface area contributed by atoms with Crippen molar-refractivity contribution in [3.8, 4) is 11.1 Å². The van der Waals surface area contributed by atoms with Crippen molar-refractivity contribution in [1.29, 1.82) is 0 Å². The van der Waals surface area contributed by atoms with E-state index in [1.807, 2.05) is 0 Å². The Hall–Kier alpha value is -3.36. The van der Waals surface area contributed by atoms with E-state index in [1.165, 1.54) is 25.3 Å². The van der Waals surface area contributed by atoms with Crippen LogP contribution >= 0.6 is 0 Å². The highest BCUT2D eigenvalue weighted by Gasteiger charge is 2.17. The molecule has 0 aliphatic carbocycles. The lowest BCUT2D eigenvalue weighted by Gasteiger charge is -2.09. The van der Waals surface area contributed by atoms with Crippen LogP contribution in [-0.4, -0.2) is 25.4 Å². The van der Waals surface area contributed by atoms with Gasteiger partial charge in [-0.3, -0.25) is 0 Å². The van der Waals surface area contributed by atoms with Gasteiger partial charge in [-0.05, 0) is 55.1 Å². The van der Waals surface area contributed by atoms with E-state index in [1.54, 1.807) is 48.5 Å². The normalized spacial score (nSPS) is 12.1. The largest absolute Gasteiger partial charge is 0.338 e. The van der Waals surface area contributed by atoms with Crippen LogP contribution in [-0.2, 0) is 10.0 Å². The fourth-order valence-electron chi connectivity index (χ4n) is 3.13. The molecule has 152 valence electrons. The molecule has 1 heterocycles. The Balaban J connectivity index is 1.71. The fourth-order valence-corrected chi connectivity index (χ4v) is 4.08. The summed E-state index contributed by atoms with van der Waals surface area (Å²) in [6.45, 7) is 0. The molecular weight excluding hydrogens is 408 g/mol. The number of aromatic amines is 1. The van der Waals surface area contributed by atoms with E-state index in [9.17, 15) is 17.2 Å². The lowest BCUT2D eigenvalue weighted by molar-refractivity contribution is 0.581. The van der Waals surface area contributed by atoms with Crippen LogP contribution in [0.2, 0.25) is 0 Å². The minimum absolute atomic E-state index is 0.175. The first-order valence-corrected chi connectivity index (χ1v) is 10.5. The maximum absolute atomic E-state index is 13.8. The van der Waals surface area contributed by atoms with Crippen molar-refractivity contribution in [1.82, 2.24) is 14.7 Å². The molecular formula is C22H17F2N3O2S. The van der Waals surface area contributed by atoms with Crippen LogP contribution in [0.25, 0.3) is 34.3 Å². The van der Waals surface area contributed by atoms with Crippen molar-refractivity contribution >= 4 is 33.2 Å². The Morgan fingerprint density at radius 3 is 2.57 bits per heavy atom. The van der Waals surface area contributed by atoms with Crippen LogP contribution in [0.4, 0.5) is 8.78 Å². The summed E-state index contributed by atoms with van der Waals surface area (Å²) >= 11 is 0. The highest BCUT2D eigenvalue weighted by atomic mass is 32.2. The molecule has 1 aromatic heterocycles. The average molecular weight is 425 g/mol. The standard InChI is InChI=1S/C22H17F2N3O2S/c1-25-30(28,29)21-5-3-2-4-17(21)15-7-10-19-20(12-15)27-22(26-19)11-8-14-6-9-16(23)13-18(14)24/h2-13,25H,1H3,(H,26,27). The van der Waals surface area contributed by atoms with E-state index in [0.717, 1.165) is 11.6 Å². The Labute approximate surface area is 172 Å². The van der Waals surface area contributed by atoms with Gasteiger partial charge in [0.1, 0.15) is 17.5 Å². The zero-order chi connectivity index (χ0) is 21.3. The van der Waals surface area contributed by atoms with E-state index in [0.29, 0.717) is 22.5 Å². The third kappa shape index (κ3) is 3.87. The van der Waals surface area contributed by atoms with Gasteiger partial charge in [0, 0.05) is 17.2 Å². The van der Waals surface area contributed by atoms with Crippen molar-refractivity contribution in [3.63, 3.8) is 0 Å². The second-order valence-corrected chi connectivity index (χ2v) is 8.41. The van der Waals surface area contributed by atoms with Crippen molar-refractivity contribution in [2.24, 2.45) is 0 Å². The zero-order valence-electron chi connectivity index (χ0n) is 15.9. The van der Waals surface area contributed by atoms with Crippen LogP contribution in [0.15, 0.2) is 65.6 Å². The molecule has 0 unspecified atom stereocenters. The van der Waals surface area contributed by atoms with Crippen molar-refractivity contribution in [2.45, 2.75) is 4.90 Å². The van der Waals surface area contributed by atoms with Crippen molar-refractivity contribution in [2.75, 3.05) is 7.05 Å². The molecule has 0 saturated heterocycles. The number of hydrogen-bond donors (Lipinski definition) is 2. The number of nitrogens with zero attached hydrogens (tertiary/aromatic N) is 1. The summed E-state index contributed by atoms with van der Waals surface area (Å²) in [7, 11) is -2.26. The molecule has 2 N–H and O–H groups in total. The first kappa shape index (κ1) is 19.9. The summed E-state index contributed by atoms with van der Waals surface area (Å²) in [6.07, 6.45) is 3.09. The maximum atomic E-state index is 13.8. The van der Waals surface area contributed by atoms with Crippen LogP contribution in [0.1, 0.15) is 11.4 Å². The SMILES string of the molecule is CNS(=O)(=O)c1ccccc1-c1ccc2[nH]c(C=Cc3ccc(F)cc3F)nc2c1. The van der Waals surface area contributed by atoms with Gasteiger partial charge in [0.2, 0.25) is 10.0 Å². The van der Waals surface area contributed by atoms with Gasteiger partial charge in [0.15, 0.2) is 0 Å². The molecule has 3 aromatic carbocycles. The molecule has 0 aliphatic heterocycles. The van der Waals surface area contributed by atoms with Gasteiger partial charge in [0.05, 0.1) is 15.9 Å². The molecule has 0 aliphatic rings. The fraction of sp³-hybridized carbons (Fsp3) is 0.0455. The molecule has 30 heavy (non-hydrogen) atoms. The number of sulfonamides is 1. The number of rotatable bonds is 5. The van der Waals surface area contributed by atoms with E-state index in [2.05, 4.69) is 14.7 Å². The Morgan fingerprint density at radius 1 is 1.00 bits per heavy atom. The minimum atomic E-state index is -3.62. The maximum Gasteiger partial charge on any atom is 0.240 e. The third-order valence-electron chi connectivity index (χ3n) is 4.64. The number of benzene rings is 3. The van der Waals surface area contributed by atoms with Crippen LogP contribution < -0.4 is 4.72 Å². The molecule has 0 radical (unpaired) electrons. The van der Waals surface area contributed by atoms with Crippen LogP contribution in [0.3, 0.4) is 0 Å². The quantitative estimate of drug-likeness (QED) is 0.491. The predicted octanol–water partition coefficient (Wildman–Crippen LogP) is 4.59. The number of imidazole rings is 1. The first-order valence-electron chi connectivity index (χ1n) is 9.03. The summed E-state index contributed by atoms with van der Waals surface area (Å²) in [4.78, 5) is 7.75. The number of aromatic nitrogens is 2. The van der Waals surface area contributed by atoms with Gasteiger partial charge < -0.3 is 4.98 Å². The molecule has 8 heteroatoms. The molecule has 4 aromatic rings. The van der Waals surface area contributed by atoms with E-state index in [4.69, 9.17) is 0 Å². The summed E-state index contributed by atoms with van der Waals surface area (Å²) in [5, 5.41) is 0. The highest BCUT2D eigenvalue weighted by Crippen LogP contribution is 2.29. The van der Waals surface area contributed by atoms with Crippen molar-refractivity contribution < 1.29 is 17.2 Å². The van der Waals surface area contributed by atoms with Gasteiger partial charge in [-0.25, -0.2) is 26.9 Å². The predicted molar refractivity (Wildman–Crippen MR) is 113 cm³/mol. The van der Waals surface area contributed by atoms with E-state index in [-0.39, 0.29) is 10.5 Å². The molecule has 4 rings (SSSR count). The molecule has 0 atom stereocenters. The molecule has 0 saturated carbocycles. The Bertz CT molecular complexity index is 1380. The second-order valence-electron chi connectivity index (χ2n) is 6.56. The van der Waals surface area contributed by atoms with Gasteiger partial charge in [-0.1, -0.05) is 24.3 Å². The molecule has 0 spiro atoms. The summed E-state index contributed by atoms with van der Waals surface area (Å²) < 4.78 is 53.8. The summed E-state index contributed by atoms with van der Waals surface area (Å²) in [5.41, 5.74) is 2.87. The van der Waals surface area contributed by atoms with Gasteiger partial charge in [-0.15, -0.1) is 0 Å². The number of hydrogen-bond acceptors (Lipinski definition) is 3. The number of fused-ring (bicyclic) bond motifs is 1.